The van der Waals surface area contributed by atoms with Gasteiger partial charge in [-0.2, -0.15) is 5.10 Å². The van der Waals surface area contributed by atoms with Gasteiger partial charge in [0.1, 0.15) is 0 Å². The minimum absolute atomic E-state index is 0.0476. The Bertz CT molecular complexity index is 416. The quantitative estimate of drug-likeness (QED) is 0.775. The van der Waals surface area contributed by atoms with Gasteiger partial charge < -0.3 is 10.2 Å². The second-order valence-electron chi connectivity index (χ2n) is 6.59. The summed E-state index contributed by atoms with van der Waals surface area (Å²) in [6.45, 7) is 4.46. The molecule has 1 aromatic heterocycles. The van der Waals surface area contributed by atoms with E-state index in [4.69, 9.17) is 5.10 Å². The van der Waals surface area contributed by atoms with Crippen molar-refractivity contribution in [3.63, 3.8) is 0 Å². The van der Waals surface area contributed by atoms with Crippen molar-refractivity contribution >= 4 is 0 Å². The summed E-state index contributed by atoms with van der Waals surface area (Å²) in [6.07, 6.45) is 9.54. The van der Waals surface area contributed by atoms with Crippen LogP contribution in [0.4, 0.5) is 0 Å². The van der Waals surface area contributed by atoms with Crippen LogP contribution in [0.2, 0.25) is 0 Å². The lowest BCUT2D eigenvalue weighted by atomic mass is 9.72. The Morgan fingerprint density at radius 2 is 1.86 bits per heavy atom. The van der Waals surface area contributed by atoms with Gasteiger partial charge in [0.2, 0.25) is 0 Å². The Labute approximate surface area is 128 Å². The first kappa shape index (κ1) is 16.5. The van der Waals surface area contributed by atoms with Gasteiger partial charge in [-0.3, -0.25) is 4.68 Å². The second-order valence-corrected chi connectivity index (χ2v) is 6.59. The molecular weight excluding hydrogens is 264 g/mol. The molecule has 1 aromatic rings. The smallest absolute Gasteiger partial charge is 0.0632 e. The lowest BCUT2D eigenvalue weighted by Crippen LogP contribution is -2.39. The fraction of sp³-hybridized carbons (Fsp3) is 0.824. The summed E-state index contributed by atoms with van der Waals surface area (Å²) in [7, 11) is 0. The maximum absolute atomic E-state index is 9.91. The summed E-state index contributed by atoms with van der Waals surface area (Å²) in [5, 5.41) is 24.5. The summed E-state index contributed by atoms with van der Waals surface area (Å²) in [4.78, 5) is 0. The zero-order chi connectivity index (χ0) is 15.3. The number of aliphatic hydroxyl groups is 2. The van der Waals surface area contributed by atoms with Gasteiger partial charge in [-0.15, -0.1) is 0 Å². The first-order chi connectivity index (χ1) is 10.2. The average Bonchev–Trinajstić information content (AvgIpc) is 3.18. The van der Waals surface area contributed by atoms with E-state index < -0.39 is 5.41 Å². The largest absolute Gasteiger partial charge is 0.396 e. The zero-order valence-corrected chi connectivity index (χ0v) is 13.5. The van der Waals surface area contributed by atoms with Crippen molar-refractivity contribution in [2.75, 3.05) is 13.2 Å². The molecule has 1 saturated carbocycles. The van der Waals surface area contributed by atoms with Crippen LogP contribution < -0.4 is 0 Å². The van der Waals surface area contributed by atoms with Crippen LogP contribution in [0.1, 0.15) is 64.1 Å². The molecule has 0 aromatic carbocycles. The van der Waals surface area contributed by atoms with Crippen LogP contribution in [0.5, 0.6) is 0 Å². The third-order valence-corrected chi connectivity index (χ3v) is 5.36. The molecule has 1 aliphatic carbocycles. The Hall–Kier alpha value is -0.870. The van der Waals surface area contributed by atoms with Crippen molar-refractivity contribution in [3.05, 3.63) is 18.0 Å². The number of hydrogen-bond donors (Lipinski definition) is 2. The molecule has 0 unspecified atom stereocenters. The average molecular weight is 294 g/mol. The fourth-order valence-corrected chi connectivity index (χ4v) is 3.80. The summed E-state index contributed by atoms with van der Waals surface area (Å²) in [5.41, 5.74) is 0.598. The standard InChI is InChI=1S/C17H30N2O2/c1-3-16(4-2)19-10-9-15(18-19)11-17(12-20,13-21)14-7-5-6-8-14/h9-10,14,16,20-21H,3-8,11-13H2,1-2H3. The van der Waals surface area contributed by atoms with Gasteiger partial charge in [-0.25, -0.2) is 0 Å². The molecule has 21 heavy (non-hydrogen) atoms. The maximum atomic E-state index is 9.91. The van der Waals surface area contributed by atoms with Crippen LogP contribution in [0, 0.1) is 11.3 Å². The molecule has 2 N–H and O–H groups in total. The van der Waals surface area contributed by atoms with Crippen LogP contribution in [0.15, 0.2) is 12.3 Å². The molecule has 4 heteroatoms. The third kappa shape index (κ3) is 3.49. The predicted octanol–water partition coefficient (Wildman–Crippen LogP) is 2.95. The molecule has 0 amide bonds. The van der Waals surface area contributed by atoms with Gasteiger partial charge in [0, 0.05) is 18.0 Å². The minimum atomic E-state index is -0.399. The molecular formula is C17H30N2O2. The number of aromatic nitrogens is 2. The van der Waals surface area contributed by atoms with Crippen molar-refractivity contribution in [2.45, 2.75) is 64.8 Å². The molecule has 1 aliphatic rings. The van der Waals surface area contributed by atoms with Crippen molar-refractivity contribution in [2.24, 2.45) is 11.3 Å². The fourth-order valence-electron chi connectivity index (χ4n) is 3.80. The number of nitrogens with zero attached hydrogens (tertiary/aromatic N) is 2. The summed E-state index contributed by atoms with van der Waals surface area (Å²) in [5.74, 6) is 0.422. The molecule has 4 nitrogen and oxygen atoms in total. The van der Waals surface area contributed by atoms with Gasteiger partial charge in [0.05, 0.1) is 24.9 Å². The van der Waals surface area contributed by atoms with Crippen LogP contribution in [-0.4, -0.2) is 33.2 Å². The van der Waals surface area contributed by atoms with Gasteiger partial charge in [0.15, 0.2) is 0 Å². The topological polar surface area (TPSA) is 58.3 Å². The van der Waals surface area contributed by atoms with E-state index in [0.717, 1.165) is 31.4 Å². The van der Waals surface area contributed by atoms with Crippen LogP contribution in [0.25, 0.3) is 0 Å². The second kappa shape index (κ2) is 7.41. The first-order valence-corrected chi connectivity index (χ1v) is 8.44. The molecule has 0 aliphatic heterocycles. The molecule has 0 radical (unpaired) electrons. The van der Waals surface area contributed by atoms with Gasteiger partial charge in [-0.05, 0) is 37.7 Å². The van der Waals surface area contributed by atoms with E-state index >= 15 is 0 Å². The lowest BCUT2D eigenvalue weighted by Gasteiger charge is -2.35. The normalized spacial score (nSPS) is 17.0. The summed E-state index contributed by atoms with van der Waals surface area (Å²) >= 11 is 0. The Balaban J connectivity index is 2.13. The van der Waals surface area contributed by atoms with Crippen LogP contribution in [-0.2, 0) is 6.42 Å². The van der Waals surface area contributed by atoms with E-state index in [1.807, 2.05) is 16.9 Å². The van der Waals surface area contributed by atoms with Crippen LogP contribution in [0.3, 0.4) is 0 Å². The first-order valence-electron chi connectivity index (χ1n) is 8.44. The number of hydrogen-bond acceptors (Lipinski definition) is 3. The van der Waals surface area contributed by atoms with E-state index in [-0.39, 0.29) is 13.2 Å². The highest BCUT2D eigenvalue weighted by Crippen LogP contribution is 2.41. The molecule has 0 saturated heterocycles. The SMILES string of the molecule is CCC(CC)n1ccc(CC(CO)(CO)C2CCCC2)n1. The number of aliphatic hydroxyl groups excluding tert-OH is 2. The van der Waals surface area contributed by atoms with Crippen LogP contribution >= 0.6 is 0 Å². The van der Waals surface area contributed by atoms with E-state index in [1.165, 1.54) is 12.8 Å². The van der Waals surface area contributed by atoms with E-state index in [0.29, 0.717) is 18.4 Å². The van der Waals surface area contributed by atoms with E-state index in [2.05, 4.69) is 13.8 Å². The Kier molecular flexibility index (Phi) is 5.82. The van der Waals surface area contributed by atoms with E-state index in [9.17, 15) is 10.2 Å². The highest BCUT2D eigenvalue weighted by atomic mass is 16.3. The number of rotatable bonds is 8. The maximum Gasteiger partial charge on any atom is 0.0632 e. The molecule has 120 valence electrons. The highest BCUT2D eigenvalue weighted by Gasteiger charge is 2.40. The Morgan fingerprint density at radius 1 is 1.24 bits per heavy atom. The zero-order valence-electron chi connectivity index (χ0n) is 13.5. The van der Waals surface area contributed by atoms with Gasteiger partial charge in [0.25, 0.3) is 0 Å². The molecule has 0 bridgehead atoms. The lowest BCUT2D eigenvalue weighted by molar-refractivity contribution is 0.00482. The van der Waals surface area contributed by atoms with Crippen molar-refractivity contribution < 1.29 is 10.2 Å². The van der Waals surface area contributed by atoms with Crippen molar-refractivity contribution in [3.8, 4) is 0 Å². The minimum Gasteiger partial charge on any atom is -0.396 e. The summed E-state index contributed by atoms with van der Waals surface area (Å²) < 4.78 is 2.05. The molecule has 2 rings (SSSR count). The molecule has 1 heterocycles. The van der Waals surface area contributed by atoms with Crippen molar-refractivity contribution in [1.29, 1.82) is 0 Å². The summed E-state index contributed by atoms with van der Waals surface area (Å²) in [6, 6.07) is 2.50. The molecule has 0 spiro atoms. The third-order valence-electron chi connectivity index (χ3n) is 5.36. The predicted molar refractivity (Wildman–Crippen MR) is 84.1 cm³/mol. The monoisotopic (exact) mass is 294 g/mol. The van der Waals surface area contributed by atoms with Gasteiger partial charge in [-0.1, -0.05) is 26.7 Å². The molecule has 0 atom stereocenters. The van der Waals surface area contributed by atoms with Gasteiger partial charge >= 0.3 is 0 Å². The highest BCUT2D eigenvalue weighted by molar-refractivity contribution is 5.06. The Morgan fingerprint density at radius 3 is 2.38 bits per heavy atom. The van der Waals surface area contributed by atoms with Crippen molar-refractivity contribution in [1.82, 2.24) is 9.78 Å². The molecule has 1 fully saturated rings. The van der Waals surface area contributed by atoms with E-state index in [1.54, 1.807) is 0 Å².